The Morgan fingerprint density at radius 2 is 2.04 bits per heavy atom. The zero-order valence-electron chi connectivity index (χ0n) is 15.7. The number of benzene rings is 2. The normalized spacial score (nSPS) is 17.7. The number of aliphatic hydroxyl groups excluding tert-OH is 1. The first-order valence-electron chi connectivity index (χ1n) is 9.51. The number of aliphatic hydroxyl groups is 1. The molecule has 0 bridgehead atoms. The third-order valence-corrected chi connectivity index (χ3v) is 5.17. The number of carbonyl (C=O) groups is 2. The maximum atomic E-state index is 12.6. The summed E-state index contributed by atoms with van der Waals surface area (Å²) in [6, 6.07) is 13.9. The second kappa shape index (κ2) is 8.97. The van der Waals surface area contributed by atoms with Crippen LogP contribution in [0.15, 0.2) is 42.5 Å². The molecule has 2 N–H and O–H groups in total. The maximum Gasteiger partial charge on any atom is 0.237 e. The van der Waals surface area contributed by atoms with E-state index in [2.05, 4.69) is 34.5 Å². The second-order valence-electron chi connectivity index (χ2n) is 6.82. The Labute approximate surface area is 159 Å². The van der Waals surface area contributed by atoms with E-state index in [1.807, 2.05) is 25.1 Å². The van der Waals surface area contributed by atoms with Crippen molar-refractivity contribution in [2.24, 2.45) is 0 Å². The molecule has 27 heavy (non-hydrogen) atoms. The van der Waals surface area contributed by atoms with Gasteiger partial charge in [-0.15, -0.1) is 0 Å². The summed E-state index contributed by atoms with van der Waals surface area (Å²) in [5.74, 6) is -0.202. The lowest BCUT2D eigenvalue weighted by Crippen LogP contribution is -2.56. The van der Waals surface area contributed by atoms with Crippen LogP contribution in [0, 0.1) is 0 Å². The minimum Gasteiger partial charge on any atom is -0.395 e. The lowest BCUT2D eigenvalue weighted by atomic mass is 10.0. The molecule has 1 fully saturated rings. The third kappa shape index (κ3) is 4.46. The highest BCUT2D eigenvalue weighted by Crippen LogP contribution is 2.22. The van der Waals surface area contributed by atoms with Crippen molar-refractivity contribution in [2.75, 3.05) is 32.8 Å². The number of fused-ring (bicyclic) bond motifs is 1. The fourth-order valence-electron chi connectivity index (χ4n) is 3.70. The molecule has 2 aromatic carbocycles. The van der Waals surface area contributed by atoms with Crippen molar-refractivity contribution in [3.63, 3.8) is 0 Å². The fraction of sp³-hybridized carbons (Fsp3) is 0.429. The van der Waals surface area contributed by atoms with Crippen LogP contribution in [0.25, 0.3) is 10.8 Å². The van der Waals surface area contributed by atoms with Gasteiger partial charge in [-0.25, -0.2) is 0 Å². The Balaban J connectivity index is 1.79. The highest BCUT2D eigenvalue weighted by atomic mass is 16.3. The Kier molecular flexibility index (Phi) is 6.42. The van der Waals surface area contributed by atoms with Gasteiger partial charge in [0.2, 0.25) is 11.8 Å². The van der Waals surface area contributed by atoms with Gasteiger partial charge in [-0.1, -0.05) is 42.5 Å². The van der Waals surface area contributed by atoms with Crippen LogP contribution in [0.3, 0.4) is 0 Å². The highest BCUT2D eigenvalue weighted by molar-refractivity contribution is 5.89. The van der Waals surface area contributed by atoms with Crippen molar-refractivity contribution in [1.29, 1.82) is 0 Å². The Bertz CT molecular complexity index is 803. The lowest BCUT2D eigenvalue weighted by molar-refractivity contribution is -0.139. The van der Waals surface area contributed by atoms with E-state index in [-0.39, 0.29) is 24.8 Å². The smallest absolute Gasteiger partial charge is 0.237 e. The maximum absolute atomic E-state index is 12.6. The first kappa shape index (κ1) is 19.3. The number of nitrogens with one attached hydrogen (secondary N) is 1. The number of hydrogen-bond acceptors (Lipinski definition) is 4. The van der Waals surface area contributed by atoms with Gasteiger partial charge in [0, 0.05) is 32.7 Å². The van der Waals surface area contributed by atoms with Gasteiger partial charge < -0.3 is 15.3 Å². The van der Waals surface area contributed by atoms with Gasteiger partial charge >= 0.3 is 0 Å². The molecule has 0 aromatic heterocycles. The summed E-state index contributed by atoms with van der Waals surface area (Å²) in [6.07, 6.45) is 0.129. The standard InChI is InChI=1S/C21H27N3O3/c1-2-23(12-13-25)20(26)14-19-21(27)22-10-11-24(19)15-17-8-5-7-16-6-3-4-9-18(16)17/h3-9,19,25H,2,10-15H2,1H3,(H,22,27)/t19-/m0/s1. The number of hydrogen-bond donors (Lipinski definition) is 2. The zero-order valence-corrected chi connectivity index (χ0v) is 15.7. The zero-order chi connectivity index (χ0) is 19.2. The van der Waals surface area contributed by atoms with Gasteiger partial charge in [0.25, 0.3) is 0 Å². The number of nitrogens with zero attached hydrogens (tertiary/aromatic N) is 2. The van der Waals surface area contributed by atoms with Crippen molar-refractivity contribution < 1.29 is 14.7 Å². The molecular weight excluding hydrogens is 342 g/mol. The topological polar surface area (TPSA) is 72.9 Å². The predicted octanol–water partition coefficient (Wildman–Crippen LogP) is 1.37. The van der Waals surface area contributed by atoms with Gasteiger partial charge in [-0.3, -0.25) is 14.5 Å². The molecule has 0 saturated carbocycles. The van der Waals surface area contributed by atoms with Crippen LogP contribution in [0.1, 0.15) is 18.9 Å². The van der Waals surface area contributed by atoms with Gasteiger partial charge in [0.15, 0.2) is 0 Å². The first-order valence-corrected chi connectivity index (χ1v) is 9.51. The highest BCUT2D eigenvalue weighted by Gasteiger charge is 2.32. The summed E-state index contributed by atoms with van der Waals surface area (Å²) in [4.78, 5) is 28.8. The van der Waals surface area contributed by atoms with Crippen LogP contribution in [0.2, 0.25) is 0 Å². The van der Waals surface area contributed by atoms with E-state index in [1.54, 1.807) is 4.90 Å². The summed E-state index contributed by atoms with van der Waals surface area (Å²) in [5.41, 5.74) is 1.16. The predicted molar refractivity (Wildman–Crippen MR) is 105 cm³/mol. The van der Waals surface area contributed by atoms with Crippen LogP contribution in [-0.4, -0.2) is 65.5 Å². The Morgan fingerprint density at radius 1 is 1.26 bits per heavy atom. The van der Waals surface area contributed by atoms with E-state index in [4.69, 9.17) is 5.11 Å². The van der Waals surface area contributed by atoms with E-state index in [0.717, 1.165) is 5.56 Å². The minimum atomic E-state index is -0.488. The van der Waals surface area contributed by atoms with E-state index in [0.29, 0.717) is 32.7 Å². The quantitative estimate of drug-likeness (QED) is 0.773. The average molecular weight is 369 g/mol. The van der Waals surface area contributed by atoms with Crippen LogP contribution >= 0.6 is 0 Å². The van der Waals surface area contributed by atoms with Crippen molar-refractivity contribution in [1.82, 2.24) is 15.1 Å². The number of likely N-dealkylation sites (N-methyl/N-ethyl adjacent to an activating group) is 1. The molecule has 6 heteroatoms. The molecule has 0 unspecified atom stereocenters. The molecule has 2 amide bonds. The second-order valence-corrected chi connectivity index (χ2v) is 6.82. The van der Waals surface area contributed by atoms with Crippen molar-refractivity contribution in [2.45, 2.75) is 25.9 Å². The van der Waals surface area contributed by atoms with Crippen LogP contribution in [0.4, 0.5) is 0 Å². The van der Waals surface area contributed by atoms with E-state index in [1.165, 1.54) is 10.8 Å². The molecule has 6 nitrogen and oxygen atoms in total. The molecule has 1 heterocycles. The molecule has 1 aliphatic heterocycles. The molecule has 0 aliphatic carbocycles. The molecule has 0 spiro atoms. The fourth-order valence-corrected chi connectivity index (χ4v) is 3.70. The van der Waals surface area contributed by atoms with E-state index < -0.39 is 6.04 Å². The number of piperazine rings is 1. The SMILES string of the molecule is CCN(CCO)C(=O)C[C@H]1C(=O)NCCN1Cc1cccc2ccccc12. The summed E-state index contributed by atoms with van der Waals surface area (Å²) in [7, 11) is 0. The summed E-state index contributed by atoms with van der Waals surface area (Å²) < 4.78 is 0. The molecule has 1 aliphatic rings. The monoisotopic (exact) mass is 369 g/mol. The molecular formula is C21H27N3O3. The Hall–Kier alpha value is -2.44. The summed E-state index contributed by atoms with van der Waals surface area (Å²) in [6.45, 7) is 4.54. The Morgan fingerprint density at radius 3 is 2.81 bits per heavy atom. The minimum absolute atomic E-state index is 0.0733. The summed E-state index contributed by atoms with van der Waals surface area (Å²) in [5, 5.41) is 14.4. The average Bonchev–Trinajstić information content (AvgIpc) is 2.69. The van der Waals surface area contributed by atoms with Crippen molar-refractivity contribution in [3.8, 4) is 0 Å². The molecule has 1 atom stereocenters. The van der Waals surface area contributed by atoms with Crippen LogP contribution in [0.5, 0.6) is 0 Å². The van der Waals surface area contributed by atoms with Gasteiger partial charge in [-0.05, 0) is 23.3 Å². The number of amides is 2. The number of rotatable bonds is 7. The lowest BCUT2D eigenvalue weighted by Gasteiger charge is -2.36. The van der Waals surface area contributed by atoms with Crippen LogP contribution < -0.4 is 5.32 Å². The molecule has 2 aromatic rings. The third-order valence-electron chi connectivity index (χ3n) is 5.17. The number of carbonyl (C=O) groups excluding carboxylic acids is 2. The van der Waals surface area contributed by atoms with E-state index >= 15 is 0 Å². The van der Waals surface area contributed by atoms with Gasteiger partial charge in [0.05, 0.1) is 19.1 Å². The largest absolute Gasteiger partial charge is 0.395 e. The summed E-state index contributed by atoms with van der Waals surface area (Å²) >= 11 is 0. The molecule has 3 rings (SSSR count). The first-order chi connectivity index (χ1) is 13.1. The van der Waals surface area contributed by atoms with Crippen molar-refractivity contribution >= 4 is 22.6 Å². The van der Waals surface area contributed by atoms with Crippen LogP contribution in [-0.2, 0) is 16.1 Å². The molecule has 144 valence electrons. The van der Waals surface area contributed by atoms with E-state index in [9.17, 15) is 9.59 Å². The van der Waals surface area contributed by atoms with Crippen molar-refractivity contribution in [3.05, 3.63) is 48.0 Å². The van der Waals surface area contributed by atoms with Gasteiger partial charge in [0.1, 0.15) is 0 Å². The molecule has 0 radical (unpaired) electrons. The van der Waals surface area contributed by atoms with Gasteiger partial charge in [-0.2, -0.15) is 0 Å². The molecule has 1 saturated heterocycles.